The Balaban J connectivity index is 2.53. The molecule has 1 rings (SSSR count). The van der Waals surface area contributed by atoms with Crippen LogP contribution in [0, 0.1) is 11.3 Å². The first-order valence-electron chi connectivity index (χ1n) is 6.39. The van der Waals surface area contributed by atoms with Gasteiger partial charge in [-0.1, -0.05) is 46.0 Å². The van der Waals surface area contributed by atoms with Gasteiger partial charge in [0.25, 0.3) is 0 Å². The van der Waals surface area contributed by atoms with E-state index < -0.39 is 0 Å². The van der Waals surface area contributed by atoms with Crippen molar-refractivity contribution >= 4 is 0 Å². The minimum Gasteiger partial charge on any atom is -0.330 e. The topological polar surface area (TPSA) is 26.0 Å². The van der Waals surface area contributed by atoms with E-state index in [-0.39, 0.29) is 0 Å². The van der Waals surface area contributed by atoms with Crippen LogP contribution >= 0.6 is 0 Å². The van der Waals surface area contributed by atoms with Crippen molar-refractivity contribution in [3.05, 3.63) is 0 Å². The fourth-order valence-electron chi connectivity index (χ4n) is 3.01. The number of nitrogens with two attached hydrogens (primary N) is 1. The highest BCUT2D eigenvalue weighted by Crippen LogP contribution is 2.38. The third-order valence-corrected chi connectivity index (χ3v) is 3.69. The van der Waals surface area contributed by atoms with Crippen molar-refractivity contribution < 1.29 is 0 Å². The van der Waals surface area contributed by atoms with E-state index in [2.05, 4.69) is 13.8 Å². The molecule has 0 bridgehead atoms. The zero-order valence-electron chi connectivity index (χ0n) is 10.0. The first kappa shape index (κ1) is 12.0. The largest absolute Gasteiger partial charge is 0.330 e. The summed E-state index contributed by atoms with van der Waals surface area (Å²) >= 11 is 0. The van der Waals surface area contributed by atoms with Gasteiger partial charge in [-0.15, -0.1) is 0 Å². The van der Waals surface area contributed by atoms with Crippen molar-refractivity contribution in [3.63, 3.8) is 0 Å². The predicted molar refractivity (Wildman–Crippen MR) is 63.3 cm³/mol. The summed E-state index contributed by atoms with van der Waals surface area (Å²) in [5, 5.41) is 0. The summed E-state index contributed by atoms with van der Waals surface area (Å²) < 4.78 is 0. The van der Waals surface area contributed by atoms with Gasteiger partial charge in [-0.2, -0.15) is 0 Å². The van der Waals surface area contributed by atoms with Gasteiger partial charge < -0.3 is 5.73 Å². The Bertz CT molecular complexity index is 143. The molecule has 1 aliphatic carbocycles. The van der Waals surface area contributed by atoms with Crippen molar-refractivity contribution in [1.29, 1.82) is 0 Å². The Kier molecular flexibility index (Phi) is 4.94. The fraction of sp³-hybridized carbons (Fsp3) is 1.00. The molecule has 1 saturated carbocycles. The monoisotopic (exact) mass is 197 g/mol. The summed E-state index contributed by atoms with van der Waals surface area (Å²) in [6.45, 7) is 5.57. The van der Waals surface area contributed by atoms with Gasteiger partial charge in [-0.25, -0.2) is 0 Å². The fourth-order valence-corrected chi connectivity index (χ4v) is 3.01. The average molecular weight is 197 g/mol. The maximum atomic E-state index is 6.01. The van der Waals surface area contributed by atoms with Crippen molar-refractivity contribution in [2.45, 2.75) is 65.2 Å². The third kappa shape index (κ3) is 3.61. The molecular weight excluding hydrogens is 170 g/mol. The van der Waals surface area contributed by atoms with Crippen molar-refractivity contribution in [2.24, 2.45) is 17.1 Å². The van der Waals surface area contributed by atoms with Crippen LogP contribution in [0.5, 0.6) is 0 Å². The lowest BCUT2D eigenvalue weighted by Crippen LogP contribution is -2.32. The SMILES string of the molecule is CC(C)CC1(CN)CCCCCCC1. The molecular formula is C13H27N. The van der Waals surface area contributed by atoms with E-state index in [0.717, 1.165) is 12.5 Å². The van der Waals surface area contributed by atoms with Crippen molar-refractivity contribution in [2.75, 3.05) is 6.54 Å². The maximum Gasteiger partial charge on any atom is -0.00204 e. The van der Waals surface area contributed by atoms with Crippen LogP contribution in [0.1, 0.15) is 65.2 Å². The Hall–Kier alpha value is -0.0400. The van der Waals surface area contributed by atoms with Gasteiger partial charge in [0.1, 0.15) is 0 Å². The molecule has 0 heterocycles. The molecule has 1 aliphatic rings. The van der Waals surface area contributed by atoms with E-state index in [4.69, 9.17) is 5.73 Å². The highest BCUT2D eigenvalue weighted by atomic mass is 14.6. The summed E-state index contributed by atoms with van der Waals surface area (Å²) in [6, 6.07) is 0. The number of hydrogen-bond donors (Lipinski definition) is 1. The van der Waals surface area contributed by atoms with Gasteiger partial charge >= 0.3 is 0 Å². The van der Waals surface area contributed by atoms with Crippen LogP contribution in [-0.4, -0.2) is 6.54 Å². The first-order chi connectivity index (χ1) is 6.68. The lowest BCUT2D eigenvalue weighted by molar-refractivity contribution is 0.176. The molecule has 0 atom stereocenters. The van der Waals surface area contributed by atoms with E-state index in [9.17, 15) is 0 Å². The van der Waals surface area contributed by atoms with Crippen LogP contribution < -0.4 is 5.73 Å². The molecule has 1 fully saturated rings. The van der Waals surface area contributed by atoms with E-state index in [0.29, 0.717) is 5.41 Å². The normalized spacial score (nSPS) is 23.1. The van der Waals surface area contributed by atoms with Crippen LogP contribution in [0.3, 0.4) is 0 Å². The number of hydrogen-bond acceptors (Lipinski definition) is 1. The lowest BCUT2D eigenvalue weighted by atomic mass is 9.71. The first-order valence-corrected chi connectivity index (χ1v) is 6.39. The zero-order valence-corrected chi connectivity index (χ0v) is 10.0. The zero-order chi connectivity index (χ0) is 10.4. The molecule has 0 unspecified atom stereocenters. The van der Waals surface area contributed by atoms with Gasteiger partial charge in [0.2, 0.25) is 0 Å². The quantitative estimate of drug-likeness (QED) is 0.733. The number of rotatable bonds is 3. The second-order valence-electron chi connectivity index (χ2n) is 5.57. The van der Waals surface area contributed by atoms with Crippen LogP contribution in [0.2, 0.25) is 0 Å². The third-order valence-electron chi connectivity index (χ3n) is 3.69. The van der Waals surface area contributed by atoms with Crippen LogP contribution in [0.4, 0.5) is 0 Å². The van der Waals surface area contributed by atoms with Crippen LogP contribution in [0.25, 0.3) is 0 Å². The highest BCUT2D eigenvalue weighted by molar-refractivity contribution is 4.82. The summed E-state index contributed by atoms with van der Waals surface area (Å²) in [5.74, 6) is 0.804. The minimum atomic E-state index is 0.495. The molecule has 0 aromatic rings. The van der Waals surface area contributed by atoms with Crippen LogP contribution in [-0.2, 0) is 0 Å². The van der Waals surface area contributed by atoms with E-state index in [1.54, 1.807) is 0 Å². The molecule has 0 aliphatic heterocycles. The molecule has 2 N–H and O–H groups in total. The molecule has 0 aromatic heterocycles. The van der Waals surface area contributed by atoms with Gasteiger partial charge in [0.15, 0.2) is 0 Å². The van der Waals surface area contributed by atoms with E-state index >= 15 is 0 Å². The van der Waals surface area contributed by atoms with E-state index in [1.165, 1.54) is 51.4 Å². The Morgan fingerprint density at radius 2 is 1.50 bits per heavy atom. The van der Waals surface area contributed by atoms with Gasteiger partial charge in [-0.3, -0.25) is 0 Å². The second kappa shape index (κ2) is 5.75. The molecule has 0 amide bonds. The standard InChI is InChI=1S/C13H27N/c1-12(2)10-13(11-14)8-6-4-3-5-7-9-13/h12H,3-11,14H2,1-2H3. The molecule has 0 radical (unpaired) electrons. The highest BCUT2D eigenvalue weighted by Gasteiger charge is 2.29. The Morgan fingerprint density at radius 1 is 1.00 bits per heavy atom. The Labute approximate surface area is 89.5 Å². The smallest absolute Gasteiger partial charge is 0.00204 e. The summed E-state index contributed by atoms with van der Waals surface area (Å²) in [7, 11) is 0. The molecule has 1 heteroatoms. The maximum absolute atomic E-state index is 6.01. The van der Waals surface area contributed by atoms with Crippen molar-refractivity contribution in [3.8, 4) is 0 Å². The molecule has 0 saturated heterocycles. The predicted octanol–water partition coefficient (Wildman–Crippen LogP) is 3.72. The molecule has 84 valence electrons. The van der Waals surface area contributed by atoms with Crippen LogP contribution in [0.15, 0.2) is 0 Å². The molecule has 1 nitrogen and oxygen atoms in total. The minimum absolute atomic E-state index is 0.495. The summed E-state index contributed by atoms with van der Waals surface area (Å²) in [5.41, 5.74) is 6.50. The molecule has 0 spiro atoms. The van der Waals surface area contributed by atoms with Gasteiger partial charge in [0, 0.05) is 0 Å². The molecule has 14 heavy (non-hydrogen) atoms. The summed E-state index contributed by atoms with van der Waals surface area (Å²) in [6.07, 6.45) is 11.2. The van der Waals surface area contributed by atoms with Crippen molar-refractivity contribution in [1.82, 2.24) is 0 Å². The average Bonchev–Trinajstić information content (AvgIpc) is 2.09. The summed E-state index contributed by atoms with van der Waals surface area (Å²) in [4.78, 5) is 0. The van der Waals surface area contributed by atoms with E-state index in [1.807, 2.05) is 0 Å². The second-order valence-corrected chi connectivity index (χ2v) is 5.57. The van der Waals surface area contributed by atoms with Gasteiger partial charge in [-0.05, 0) is 37.1 Å². The molecule has 0 aromatic carbocycles. The Morgan fingerprint density at radius 3 is 1.93 bits per heavy atom. The van der Waals surface area contributed by atoms with Gasteiger partial charge in [0.05, 0.1) is 0 Å². The lowest BCUT2D eigenvalue weighted by Gasteiger charge is -2.36.